The maximum atomic E-state index is 13.3. The Morgan fingerprint density at radius 1 is 0.737 bits per heavy atom. The number of ether oxygens (including phenoxy) is 1. The Bertz CT molecular complexity index is 1190. The van der Waals surface area contributed by atoms with E-state index in [9.17, 15) is 25.2 Å². The van der Waals surface area contributed by atoms with E-state index in [1.165, 1.54) is 5.56 Å². The monoisotopic (exact) mass is 517 g/mol. The summed E-state index contributed by atoms with van der Waals surface area (Å²) in [6.45, 7) is -0.447. The minimum absolute atomic E-state index is 0.0676. The topological polar surface area (TPSA) is 110 Å². The van der Waals surface area contributed by atoms with E-state index in [2.05, 4.69) is 12.1 Å². The number of aryl methyl sites for hydroxylation is 1. The van der Waals surface area contributed by atoms with Gasteiger partial charge in [0.15, 0.2) is 0 Å². The molecule has 4 N–H and O–H groups in total. The molecule has 0 radical (unpaired) electrons. The first-order valence-corrected chi connectivity index (χ1v) is 13.3. The zero-order valence-electron chi connectivity index (χ0n) is 21.2. The zero-order valence-corrected chi connectivity index (χ0v) is 21.2. The highest BCUT2D eigenvalue weighted by molar-refractivity contribution is 6.03. The van der Waals surface area contributed by atoms with Gasteiger partial charge in [-0.2, -0.15) is 0 Å². The van der Waals surface area contributed by atoms with Gasteiger partial charge in [-0.3, -0.25) is 4.79 Å². The molecule has 7 unspecified atom stereocenters. The highest BCUT2D eigenvalue weighted by Gasteiger charge is 2.48. The second-order valence-corrected chi connectivity index (χ2v) is 10.3. The average molecular weight is 518 g/mol. The molecule has 0 spiro atoms. The number of hydrogen-bond acceptors (Lipinski definition) is 6. The number of anilines is 1. The largest absolute Gasteiger partial charge is 0.394 e. The van der Waals surface area contributed by atoms with Gasteiger partial charge < -0.3 is 30.1 Å². The molecular weight excluding hydrogens is 482 g/mol. The Balaban J connectivity index is 1.31. The van der Waals surface area contributed by atoms with Crippen LogP contribution in [0.4, 0.5) is 5.69 Å². The summed E-state index contributed by atoms with van der Waals surface area (Å²) in [6.07, 6.45) is -2.73. The third-order valence-electron chi connectivity index (χ3n) is 7.82. The van der Waals surface area contributed by atoms with Crippen LogP contribution in [0.2, 0.25) is 0 Å². The lowest BCUT2D eigenvalue weighted by Gasteiger charge is -2.48. The van der Waals surface area contributed by atoms with E-state index >= 15 is 0 Å². The normalized spacial score (nSPS) is 29.2. The van der Waals surface area contributed by atoms with Gasteiger partial charge in [-0.05, 0) is 48.1 Å². The van der Waals surface area contributed by atoms with Gasteiger partial charge in [0.05, 0.1) is 24.7 Å². The van der Waals surface area contributed by atoms with Crippen molar-refractivity contribution in [2.24, 2.45) is 5.92 Å². The lowest BCUT2D eigenvalue weighted by molar-refractivity contribution is -0.228. The number of β-lactam (4-membered cyclic amide) rings is 1. The summed E-state index contributed by atoms with van der Waals surface area (Å²) in [4.78, 5) is 15.2. The number of benzene rings is 3. The molecule has 0 aliphatic carbocycles. The fourth-order valence-corrected chi connectivity index (χ4v) is 5.69. The Hall–Kier alpha value is -3.07. The standard InChI is InChI=1S/C31H35NO6/c33-19-26-29(35)30(36)28(34)25(38-26)18-21-14-16-22(17-15-21)27-24(13-7-10-20-8-3-1-4-9-20)31(37)32(27)23-11-5-2-6-12-23/h1-6,8-9,11-12,14-17,24-30,33-36H,7,10,13,18-19H2. The zero-order chi connectivity index (χ0) is 26.6. The van der Waals surface area contributed by atoms with Crippen LogP contribution >= 0.6 is 0 Å². The van der Waals surface area contributed by atoms with Gasteiger partial charge in [-0.1, -0.05) is 72.8 Å². The summed E-state index contributed by atoms with van der Waals surface area (Å²) in [5.74, 6) is 0.0369. The smallest absolute Gasteiger partial charge is 0.233 e. The van der Waals surface area contributed by atoms with Gasteiger partial charge >= 0.3 is 0 Å². The SMILES string of the molecule is O=C1C(CCCc2ccccc2)C(c2ccc(CC3OC(CO)C(O)C(O)C3O)cc2)N1c1ccccc1. The van der Waals surface area contributed by atoms with Crippen molar-refractivity contribution in [3.05, 3.63) is 102 Å². The van der Waals surface area contributed by atoms with Crippen LogP contribution in [-0.2, 0) is 22.4 Å². The molecule has 2 saturated heterocycles. The number of aliphatic hydroxyl groups excluding tert-OH is 4. The molecule has 7 nitrogen and oxygen atoms in total. The molecule has 7 atom stereocenters. The number of carbonyl (C=O) groups is 1. The second kappa shape index (κ2) is 11.8. The molecule has 1 amide bonds. The molecule has 2 aliphatic heterocycles. The van der Waals surface area contributed by atoms with Crippen molar-refractivity contribution in [1.29, 1.82) is 0 Å². The lowest BCUT2D eigenvalue weighted by Crippen LogP contribution is -2.59. The Kier molecular flexibility index (Phi) is 8.21. The molecule has 5 rings (SSSR count). The quantitative estimate of drug-likeness (QED) is 0.325. The average Bonchev–Trinajstić information content (AvgIpc) is 2.95. The van der Waals surface area contributed by atoms with Crippen molar-refractivity contribution >= 4 is 11.6 Å². The molecule has 0 aromatic heterocycles. The molecule has 0 saturated carbocycles. The number of carbonyl (C=O) groups excluding carboxylic acids is 1. The van der Waals surface area contributed by atoms with Crippen molar-refractivity contribution in [2.75, 3.05) is 11.5 Å². The summed E-state index contributed by atoms with van der Waals surface area (Å²) in [7, 11) is 0. The number of hydrogen-bond donors (Lipinski definition) is 4. The van der Waals surface area contributed by atoms with Crippen LogP contribution in [0.15, 0.2) is 84.9 Å². The number of para-hydroxylation sites is 1. The van der Waals surface area contributed by atoms with Crippen molar-refractivity contribution in [2.45, 2.75) is 62.2 Å². The number of nitrogens with zero attached hydrogens (tertiary/aromatic N) is 1. The van der Waals surface area contributed by atoms with E-state index in [-0.39, 0.29) is 17.9 Å². The minimum Gasteiger partial charge on any atom is -0.394 e. The van der Waals surface area contributed by atoms with Crippen LogP contribution in [0.5, 0.6) is 0 Å². The highest BCUT2D eigenvalue weighted by atomic mass is 16.5. The van der Waals surface area contributed by atoms with Crippen molar-refractivity contribution < 1.29 is 30.0 Å². The Morgan fingerprint density at radius 3 is 2.03 bits per heavy atom. The van der Waals surface area contributed by atoms with E-state index in [0.29, 0.717) is 6.42 Å². The Labute approximate surface area is 222 Å². The molecule has 38 heavy (non-hydrogen) atoms. The van der Waals surface area contributed by atoms with Crippen molar-refractivity contribution in [1.82, 2.24) is 0 Å². The van der Waals surface area contributed by atoms with Crippen LogP contribution in [-0.4, -0.2) is 63.5 Å². The first-order valence-electron chi connectivity index (χ1n) is 13.3. The fraction of sp³-hybridized carbons (Fsp3) is 0.387. The van der Waals surface area contributed by atoms with E-state index in [1.54, 1.807) is 0 Å². The van der Waals surface area contributed by atoms with Crippen LogP contribution in [0, 0.1) is 5.92 Å². The van der Waals surface area contributed by atoms with E-state index < -0.39 is 37.1 Å². The van der Waals surface area contributed by atoms with Gasteiger partial charge in [-0.25, -0.2) is 0 Å². The number of amides is 1. The van der Waals surface area contributed by atoms with Crippen molar-refractivity contribution in [3.63, 3.8) is 0 Å². The van der Waals surface area contributed by atoms with E-state index in [1.807, 2.05) is 77.7 Å². The molecule has 2 heterocycles. The van der Waals surface area contributed by atoms with Crippen LogP contribution in [0.25, 0.3) is 0 Å². The summed E-state index contributed by atoms with van der Waals surface area (Å²) in [6, 6.07) is 27.9. The molecule has 2 fully saturated rings. The van der Waals surface area contributed by atoms with Gasteiger partial charge in [0, 0.05) is 12.1 Å². The van der Waals surface area contributed by atoms with Gasteiger partial charge in [0.2, 0.25) is 5.91 Å². The Morgan fingerprint density at radius 2 is 1.37 bits per heavy atom. The number of rotatable bonds is 9. The third-order valence-corrected chi connectivity index (χ3v) is 7.82. The summed E-state index contributed by atoms with van der Waals surface area (Å²) >= 11 is 0. The minimum atomic E-state index is -1.39. The highest BCUT2D eigenvalue weighted by Crippen LogP contribution is 2.45. The first-order chi connectivity index (χ1) is 18.5. The van der Waals surface area contributed by atoms with Crippen LogP contribution in [0.1, 0.15) is 35.6 Å². The third kappa shape index (κ3) is 5.39. The van der Waals surface area contributed by atoms with E-state index in [4.69, 9.17) is 4.74 Å². The molecular formula is C31H35NO6. The predicted molar refractivity (Wildman–Crippen MR) is 143 cm³/mol. The van der Waals surface area contributed by atoms with Crippen LogP contribution < -0.4 is 4.90 Å². The number of aliphatic hydroxyl groups is 4. The van der Waals surface area contributed by atoms with Gasteiger partial charge in [0.25, 0.3) is 0 Å². The molecule has 200 valence electrons. The van der Waals surface area contributed by atoms with Gasteiger partial charge in [-0.15, -0.1) is 0 Å². The maximum Gasteiger partial charge on any atom is 0.233 e. The first kappa shape index (κ1) is 26.5. The van der Waals surface area contributed by atoms with Gasteiger partial charge in [0.1, 0.15) is 24.4 Å². The summed E-state index contributed by atoms with van der Waals surface area (Å²) in [5, 5.41) is 40.0. The second-order valence-electron chi connectivity index (χ2n) is 10.3. The lowest BCUT2D eigenvalue weighted by atomic mass is 9.78. The molecule has 3 aromatic rings. The molecule has 3 aromatic carbocycles. The van der Waals surface area contributed by atoms with Crippen molar-refractivity contribution in [3.8, 4) is 0 Å². The maximum absolute atomic E-state index is 13.3. The predicted octanol–water partition coefficient (Wildman–Crippen LogP) is 2.80. The fourth-order valence-electron chi connectivity index (χ4n) is 5.69. The van der Waals surface area contributed by atoms with Crippen LogP contribution in [0.3, 0.4) is 0 Å². The molecule has 2 aliphatic rings. The summed E-state index contributed by atoms with van der Waals surface area (Å²) < 4.78 is 5.67. The summed E-state index contributed by atoms with van der Waals surface area (Å²) in [5.41, 5.74) is 4.08. The van der Waals surface area contributed by atoms with E-state index in [0.717, 1.165) is 36.1 Å². The molecule has 7 heteroatoms. The molecule has 0 bridgehead atoms.